The van der Waals surface area contributed by atoms with Crippen LogP contribution in [0.1, 0.15) is 16.1 Å². The minimum absolute atomic E-state index is 0.0486. The smallest absolute Gasteiger partial charge is 0.339 e. The van der Waals surface area contributed by atoms with E-state index in [0.717, 1.165) is 4.47 Å². The Morgan fingerprint density at radius 3 is 3.00 bits per heavy atom. The van der Waals surface area contributed by atoms with Crippen LogP contribution in [0.4, 0.5) is 0 Å². The molecule has 0 radical (unpaired) electrons. The van der Waals surface area contributed by atoms with Crippen LogP contribution in [0.15, 0.2) is 41.3 Å². The summed E-state index contributed by atoms with van der Waals surface area (Å²) in [5.74, 6) is -0.428. The number of ether oxygens (including phenoxy) is 1. The van der Waals surface area contributed by atoms with Crippen molar-refractivity contribution >= 4 is 21.9 Å². The minimum atomic E-state index is -1.07. The van der Waals surface area contributed by atoms with E-state index < -0.39 is 5.97 Å². The van der Waals surface area contributed by atoms with Crippen LogP contribution in [0.3, 0.4) is 0 Å². The third kappa shape index (κ3) is 3.04. The van der Waals surface area contributed by atoms with E-state index in [0.29, 0.717) is 11.4 Å². The zero-order chi connectivity index (χ0) is 13.0. The molecule has 0 amide bonds. The molecule has 0 bridgehead atoms. The van der Waals surface area contributed by atoms with Gasteiger partial charge in [-0.15, -0.1) is 0 Å². The first kappa shape index (κ1) is 12.5. The van der Waals surface area contributed by atoms with Crippen LogP contribution in [-0.2, 0) is 6.61 Å². The van der Waals surface area contributed by atoms with E-state index in [1.165, 1.54) is 12.5 Å². The van der Waals surface area contributed by atoms with Gasteiger partial charge in [0.05, 0.1) is 5.69 Å². The number of nitrogens with zero attached hydrogens (tertiary/aromatic N) is 2. The van der Waals surface area contributed by atoms with Crippen LogP contribution in [0, 0.1) is 0 Å². The highest BCUT2D eigenvalue weighted by Gasteiger charge is 2.11. The quantitative estimate of drug-likeness (QED) is 0.939. The largest absolute Gasteiger partial charge is 0.487 e. The molecule has 0 saturated carbocycles. The summed E-state index contributed by atoms with van der Waals surface area (Å²) in [6.45, 7) is 0.0839. The van der Waals surface area contributed by atoms with Crippen molar-refractivity contribution in [2.24, 2.45) is 0 Å². The van der Waals surface area contributed by atoms with Gasteiger partial charge in [0.15, 0.2) is 0 Å². The summed E-state index contributed by atoms with van der Waals surface area (Å²) in [6, 6.07) is 7.28. The summed E-state index contributed by atoms with van der Waals surface area (Å²) in [6.07, 6.45) is 2.56. The third-order valence-corrected chi connectivity index (χ3v) is 2.69. The molecule has 0 aliphatic heterocycles. The van der Waals surface area contributed by atoms with E-state index in [4.69, 9.17) is 9.84 Å². The monoisotopic (exact) mass is 308 g/mol. The highest BCUT2D eigenvalue weighted by atomic mass is 79.9. The Morgan fingerprint density at radius 2 is 2.28 bits per heavy atom. The summed E-state index contributed by atoms with van der Waals surface area (Å²) in [5.41, 5.74) is 0.393. The predicted octanol–water partition coefficient (Wildman–Crippen LogP) is 2.52. The number of hydrogen-bond acceptors (Lipinski definition) is 4. The Morgan fingerprint density at radius 1 is 1.44 bits per heavy atom. The SMILES string of the molecule is O=C(O)c1cncnc1COc1cccc(Br)c1. The molecule has 92 valence electrons. The molecule has 18 heavy (non-hydrogen) atoms. The van der Waals surface area contributed by atoms with E-state index in [-0.39, 0.29) is 12.2 Å². The molecule has 0 spiro atoms. The van der Waals surface area contributed by atoms with Gasteiger partial charge >= 0.3 is 5.97 Å². The second-order valence-electron chi connectivity index (χ2n) is 3.43. The van der Waals surface area contributed by atoms with Crippen LogP contribution >= 0.6 is 15.9 Å². The molecule has 5 nitrogen and oxygen atoms in total. The van der Waals surface area contributed by atoms with Gasteiger partial charge < -0.3 is 9.84 Å². The molecule has 0 saturated heterocycles. The Balaban J connectivity index is 2.13. The Bertz CT molecular complexity index is 575. The number of carboxylic acids is 1. The van der Waals surface area contributed by atoms with Crippen LogP contribution < -0.4 is 4.74 Å². The van der Waals surface area contributed by atoms with Gasteiger partial charge in [-0.3, -0.25) is 0 Å². The summed E-state index contributed by atoms with van der Waals surface area (Å²) < 4.78 is 6.37. The number of benzene rings is 1. The van der Waals surface area contributed by atoms with Gasteiger partial charge in [0.2, 0.25) is 0 Å². The molecule has 1 aromatic heterocycles. The number of hydrogen-bond donors (Lipinski definition) is 1. The number of carbonyl (C=O) groups is 1. The van der Waals surface area contributed by atoms with Crippen molar-refractivity contribution in [2.75, 3.05) is 0 Å². The fourth-order valence-electron chi connectivity index (χ4n) is 1.36. The van der Waals surface area contributed by atoms with Crippen LogP contribution in [-0.4, -0.2) is 21.0 Å². The lowest BCUT2D eigenvalue weighted by Crippen LogP contribution is -2.08. The van der Waals surface area contributed by atoms with Gasteiger partial charge in [0.25, 0.3) is 0 Å². The van der Waals surface area contributed by atoms with Crippen LogP contribution in [0.25, 0.3) is 0 Å². The number of halogens is 1. The van der Waals surface area contributed by atoms with Crippen LogP contribution in [0.5, 0.6) is 5.75 Å². The Kier molecular flexibility index (Phi) is 3.88. The molecule has 0 fully saturated rings. The molecule has 0 atom stereocenters. The van der Waals surface area contributed by atoms with Gasteiger partial charge in [-0.25, -0.2) is 14.8 Å². The van der Waals surface area contributed by atoms with E-state index in [9.17, 15) is 4.79 Å². The lowest BCUT2D eigenvalue weighted by molar-refractivity contribution is 0.0692. The first-order chi connectivity index (χ1) is 8.66. The molecule has 0 aliphatic carbocycles. The summed E-state index contributed by atoms with van der Waals surface area (Å²) >= 11 is 3.33. The van der Waals surface area contributed by atoms with E-state index in [1.807, 2.05) is 12.1 Å². The predicted molar refractivity (Wildman–Crippen MR) is 67.5 cm³/mol. The van der Waals surface area contributed by atoms with Crippen molar-refractivity contribution in [2.45, 2.75) is 6.61 Å². The topological polar surface area (TPSA) is 72.3 Å². The maximum Gasteiger partial charge on any atom is 0.339 e. The minimum Gasteiger partial charge on any atom is -0.487 e. The maximum absolute atomic E-state index is 10.9. The van der Waals surface area contributed by atoms with Gasteiger partial charge in [0.1, 0.15) is 24.2 Å². The van der Waals surface area contributed by atoms with E-state index >= 15 is 0 Å². The summed E-state index contributed by atoms with van der Waals surface area (Å²) in [4.78, 5) is 18.5. The third-order valence-electron chi connectivity index (χ3n) is 2.20. The maximum atomic E-state index is 10.9. The molecule has 1 heterocycles. The Labute approximate surface area is 112 Å². The zero-order valence-electron chi connectivity index (χ0n) is 9.21. The van der Waals surface area contributed by atoms with E-state index in [2.05, 4.69) is 25.9 Å². The van der Waals surface area contributed by atoms with Crippen molar-refractivity contribution in [1.29, 1.82) is 0 Å². The zero-order valence-corrected chi connectivity index (χ0v) is 10.8. The number of carboxylic acid groups (broad SMARTS) is 1. The Hall–Kier alpha value is -1.95. The molecule has 1 N–H and O–H groups in total. The highest BCUT2D eigenvalue weighted by molar-refractivity contribution is 9.10. The molecule has 0 unspecified atom stereocenters. The summed E-state index contributed by atoms with van der Waals surface area (Å²) in [7, 11) is 0. The van der Waals surface area contributed by atoms with E-state index in [1.54, 1.807) is 12.1 Å². The first-order valence-electron chi connectivity index (χ1n) is 5.07. The van der Waals surface area contributed by atoms with Crippen molar-refractivity contribution in [3.63, 3.8) is 0 Å². The molecule has 6 heteroatoms. The fraction of sp³-hybridized carbons (Fsp3) is 0.0833. The van der Waals surface area contributed by atoms with Crippen molar-refractivity contribution in [1.82, 2.24) is 9.97 Å². The van der Waals surface area contributed by atoms with Crippen molar-refractivity contribution in [3.8, 4) is 5.75 Å². The first-order valence-corrected chi connectivity index (χ1v) is 5.86. The number of rotatable bonds is 4. The molecule has 1 aromatic carbocycles. The summed E-state index contributed by atoms with van der Waals surface area (Å²) in [5, 5.41) is 8.96. The van der Waals surface area contributed by atoms with Crippen molar-refractivity contribution in [3.05, 3.63) is 52.5 Å². The van der Waals surface area contributed by atoms with Gasteiger partial charge in [-0.2, -0.15) is 0 Å². The second kappa shape index (κ2) is 5.59. The molecule has 0 aliphatic rings. The standard InChI is InChI=1S/C12H9BrN2O3/c13-8-2-1-3-9(4-8)18-6-11-10(12(16)17)5-14-7-15-11/h1-5,7H,6H2,(H,16,17). The molecule has 2 aromatic rings. The van der Waals surface area contributed by atoms with Crippen LogP contribution in [0.2, 0.25) is 0 Å². The number of aromatic nitrogens is 2. The lowest BCUT2D eigenvalue weighted by Gasteiger charge is -2.07. The molecular formula is C12H9BrN2O3. The molecular weight excluding hydrogens is 300 g/mol. The van der Waals surface area contributed by atoms with Gasteiger partial charge in [0, 0.05) is 10.7 Å². The van der Waals surface area contributed by atoms with Crippen molar-refractivity contribution < 1.29 is 14.6 Å². The van der Waals surface area contributed by atoms with Gasteiger partial charge in [-0.05, 0) is 18.2 Å². The second-order valence-corrected chi connectivity index (χ2v) is 4.35. The highest BCUT2D eigenvalue weighted by Crippen LogP contribution is 2.19. The average molecular weight is 309 g/mol. The average Bonchev–Trinajstić information content (AvgIpc) is 2.37. The number of aromatic carboxylic acids is 1. The normalized spacial score (nSPS) is 10.1. The molecule has 2 rings (SSSR count). The lowest BCUT2D eigenvalue weighted by atomic mass is 10.2. The fourth-order valence-corrected chi connectivity index (χ4v) is 1.74. The van der Waals surface area contributed by atoms with Gasteiger partial charge in [-0.1, -0.05) is 22.0 Å².